The summed E-state index contributed by atoms with van der Waals surface area (Å²) in [5.74, 6) is -0.560. The van der Waals surface area contributed by atoms with E-state index in [1.165, 1.54) is 12.1 Å². The third-order valence-electron chi connectivity index (χ3n) is 4.19. The van der Waals surface area contributed by atoms with Crippen molar-refractivity contribution in [3.8, 4) is 0 Å². The van der Waals surface area contributed by atoms with Crippen molar-refractivity contribution in [2.24, 2.45) is 0 Å². The number of amides is 1. The Kier molecular flexibility index (Phi) is 5.34. The number of benzene rings is 1. The third-order valence-corrected chi connectivity index (χ3v) is 4.19. The van der Waals surface area contributed by atoms with E-state index >= 15 is 0 Å². The van der Waals surface area contributed by atoms with Crippen LogP contribution in [0.2, 0.25) is 0 Å². The molecule has 6 heteroatoms. The van der Waals surface area contributed by atoms with E-state index in [1.54, 1.807) is 17.9 Å². The van der Waals surface area contributed by atoms with E-state index in [1.807, 2.05) is 13.8 Å². The van der Waals surface area contributed by atoms with Crippen molar-refractivity contribution >= 4 is 5.91 Å². The normalized spacial score (nSPS) is 23.7. The summed E-state index contributed by atoms with van der Waals surface area (Å²) in [6.07, 6.45) is -4.31. The molecule has 1 aromatic carbocycles. The molecule has 2 rings (SSSR count). The summed E-state index contributed by atoms with van der Waals surface area (Å²) < 4.78 is 39.3. The van der Waals surface area contributed by atoms with Gasteiger partial charge in [-0.05, 0) is 31.4 Å². The van der Waals surface area contributed by atoms with Crippen molar-refractivity contribution in [3.63, 3.8) is 0 Å². The van der Waals surface area contributed by atoms with Crippen molar-refractivity contribution < 1.29 is 18.0 Å². The minimum Gasteiger partial charge on any atom is -0.340 e. The van der Waals surface area contributed by atoms with E-state index in [0.717, 1.165) is 6.07 Å². The van der Waals surface area contributed by atoms with Gasteiger partial charge in [-0.25, -0.2) is 0 Å². The molecule has 1 aromatic rings. The number of hydrogen-bond acceptors (Lipinski definition) is 2. The Balaban J connectivity index is 2.10. The van der Waals surface area contributed by atoms with Gasteiger partial charge in [0.15, 0.2) is 0 Å². The third kappa shape index (κ3) is 4.47. The fourth-order valence-corrected chi connectivity index (χ4v) is 3.22. The number of hydrogen-bond donors (Lipinski definition) is 1. The zero-order valence-corrected chi connectivity index (χ0v) is 13.7. The maximum absolute atomic E-state index is 13.1. The van der Waals surface area contributed by atoms with Gasteiger partial charge in [0.1, 0.15) is 0 Å². The van der Waals surface area contributed by atoms with Crippen LogP contribution in [0.1, 0.15) is 44.2 Å². The van der Waals surface area contributed by atoms with Crippen LogP contribution in [0.15, 0.2) is 24.3 Å². The Morgan fingerprint density at radius 2 is 1.83 bits per heavy atom. The number of halogens is 3. The Hall–Kier alpha value is -1.56. The number of nitrogens with zero attached hydrogens (tertiary/aromatic N) is 1. The number of alkyl halides is 3. The average Bonchev–Trinajstić information content (AvgIpc) is 2.45. The summed E-state index contributed by atoms with van der Waals surface area (Å²) in [7, 11) is 0. The molecule has 1 saturated heterocycles. The SMILES string of the molecule is CC1CN(C(=O)CC(C)c2ccccc2C(F)(F)F)CC(C)N1. The standard InChI is InChI=1S/C17H23F3N2O/c1-11(14-6-4-5-7-15(14)17(18,19)20)8-16(23)22-9-12(2)21-13(3)10-22/h4-7,11-13,21H,8-10H2,1-3H3. The molecule has 1 N–H and O–H groups in total. The second-order valence-corrected chi connectivity index (χ2v) is 6.46. The van der Waals surface area contributed by atoms with Crippen molar-refractivity contribution in [1.29, 1.82) is 0 Å². The van der Waals surface area contributed by atoms with E-state index in [4.69, 9.17) is 0 Å². The van der Waals surface area contributed by atoms with Crippen LogP contribution in [0, 0.1) is 0 Å². The number of carbonyl (C=O) groups is 1. The van der Waals surface area contributed by atoms with Crippen LogP contribution in [0.25, 0.3) is 0 Å². The molecular weight excluding hydrogens is 305 g/mol. The first-order chi connectivity index (χ1) is 10.7. The summed E-state index contributed by atoms with van der Waals surface area (Å²) >= 11 is 0. The molecule has 23 heavy (non-hydrogen) atoms. The average molecular weight is 328 g/mol. The summed E-state index contributed by atoms with van der Waals surface area (Å²) in [6.45, 7) is 6.86. The molecule has 0 bridgehead atoms. The zero-order chi connectivity index (χ0) is 17.2. The predicted octanol–water partition coefficient (Wildman–Crippen LogP) is 3.41. The van der Waals surface area contributed by atoms with E-state index in [9.17, 15) is 18.0 Å². The minimum atomic E-state index is -4.40. The first-order valence-electron chi connectivity index (χ1n) is 7.88. The highest BCUT2D eigenvalue weighted by molar-refractivity contribution is 5.77. The molecule has 0 saturated carbocycles. The van der Waals surface area contributed by atoms with Crippen LogP contribution >= 0.6 is 0 Å². The molecule has 1 aliphatic heterocycles. The van der Waals surface area contributed by atoms with Gasteiger partial charge in [0.25, 0.3) is 0 Å². The van der Waals surface area contributed by atoms with Crippen molar-refractivity contribution in [3.05, 3.63) is 35.4 Å². The molecule has 1 aliphatic rings. The Bertz CT molecular complexity index is 549. The van der Waals surface area contributed by atoms with Crippen molar-refractivity contribution in [2.45, 2.75) is 51.4 Å². The van der Waals surface area contributed by atoms with Gasteiger partial charge in [-0.15, -0.1) is 0 Å². The highest BCUT2D eigenvalue weighted by Gasteiger charge is 2.35. The second-order valence-electron chi connectivity index (χ2n) is 6.46. The van der Waals surface area contributed by atoms with Gasteiger partial charge in [-0.2, -0.15) is 13.2 Å². The van der Waals surface area contributed by atoms with Gasteiger partial charge >= 0.3 is 6.18 Å². The van der Waals surface area contributed by atoms with Crippen LogP contribution in [0.5, 0.6) is 0 Å². The molecule has 1 amide bonds. The Morgan fingerprint density at radius 3 is 2.39 bits per heavy atom. The van der Waals surface area contributed by atoms with Gasteiger partial charge in [0.05, 0.1) is 5.56 Å². The fourth-order valence-electron chi connectivity index (χ4n) is 3.22. The molecule has 0 aliphatic carbocycles. The monoisotopic (exact) mass is 328 g/mol. The quantitative estimate of drug-likeness (QED) is 0.922. The van der Waals surface area contributed by atoms with Crippen LogP contribution < -0.4 is 5.32 Å². The molecule has 1 heterocycles. The summed E-state index contributed by atoms with van der Waals surface area (Å²) in [4.78, 5) is 14.2. The predicted molar refractivity (Wildman–Crippen MR) is 83.1 cm³/mol. The topological polar surface area (TPSA) is 32.3 Å². The Labute approximate surface area is 134 Å². The van der Waals surface area contributed by atoms with Crippen LogP contribution in [-0.2, 0) is 11.0 Å². The van der Waals surface area contributed by atoms with Gasteiger partial charge < -0.3 is 10.2 Å². The molecule has 0 aromatic heterocycles. The van der Waals surface area contributed by atoms with Gasteiger partial charge in [0, 0.05) is 31.6 Å². The van der Waals surface area contributed by atoms with E-state index in [-0.39, 0.29) is 30.0 Å². The molecular formula is C17H23F3N2O. The minimum absolute atomic E-state index is 0.0883. The molecule has 0 spiro atoms. The maximum Gasteiger partial charge on any atom is 0.416 e. The first-order valence-corrected chi connectivity index (χ1v) is 7.88. The van der Waals surface area contributed by atoms with E-state index in [2.05, 4.69) is 5.32 Å². The van der Waals surface area contributed by atoms with Crippen LogP contribution in [-0.4, -0.2) is 36.0 Å². The number of piperazine rings is 1. The van der Waals surface area contributed by atoms with Crippen molar-refractivity contribution in [2.75, 3.05) is 13.1 Å². The summed E-state index contributed by atoms with van der Waals surface area (Å²) in [6, 6.07) is 5.89. The van der Waals surface area contributed by atoms with Crippen molar-refractivity contribution in [1.82, 2.24) is 10.2 Å². The molecule has 0 radical (unpaired) electrons. The molecule has 3 unspecified atom stereocenters. The lowest BCUT2D eigenvalue weighted by Gasteiger charge is -2.36. The maximum atomic E-state index is 13.1. The lowest BCUT2D eigenvalue weighted by Crippen LogP contribution is -2.55. The van der Waals surface area contributed by atoms with Gasteiger partial charge in [0.2, 0.25) is 5.91 Å². The highest BCUT2D eigenvalue weighted by atomic mass is 19.4. The van der Waals surface area contributed by atoms with E-state index < -0.39 is 17.7 Å². The number of nitrogens with one attached hydrogen (secondary N) is 1. The largest absolute Gasteiger partial charge is 0.416 e. The zero-order valence-electron chi connectivity index (χ0n) is 13.7. The molecule has 1 fully saturated rings. The summed E-state index contributed by atoms with van der Waals surface area (Å²) in [5.41, 5.74) is -0.466. The highest BCUT2D eigenvalue weighted by Crippen LogP contribution is 2.36. The fraction of sp³-hybridized carbons (Fsp3) is 0.588. The summed E-state index contributed by atoms with van der Waals surface area (Å²) in [5, 5.41) is 3.34. The van der Waals surface area contributed by atoms with Crippen LogP contribution in [0.4, 0.5) is 13.2 Å². The number of rotatable bonds is 3. The van der Waals surface area contributed by atoms with Crippen LogP contribution in [0.3, 0.4) is 0 Å². The Morgan fingerprint density at radius 1 is 1.26 bits per heavy atom. The molecule has 3 atom stereocenters. The smallest absolute Gasteiger partial charge is 0.340 e. The molecule has 3 nitrogen and oxygen atoms in total. The molecule has 128 valence electrons. The van der Waals surface area contributed by atoms with Gasteiger partial charge in [-0.3, -0.25) is 4.79 Å². The van der Waals surface area contributed by atoms with Gasteiger partial charge in [-0.1, -0.05) is 25.1 Å². The lowest BCUT2D eigenvalue weighted by atomic mass is 9.92. The number of carbonyl (C=O) groups excluding carboxylic acids is 1. The second kappa shape index (κ2) is 6.91. The van der Waals surface area contributed by atoms with E-state index in [0.29, 0.717) is 13.1 Å². The first kappa shape index (κ1) is 17.8. The lowest BCUT2D eigenvalue weighted by molar-refractivity contribution is -0.139.